The van der Waals surface area contributed by atoms with Crippen molar-refractivity contribution in [2.45, 2.75) is 19.5 Å². The number of para-hydroxylation sites is 2. The zero-order chi connectivity index (χ0) is 17.4. The lowest BCUT2D eigenvalue weighted by molar-refractivity contribution is -0.140. The minimum absolute atomic E-state index is 0.273. The number of imidazole rings is 1. The molecule has 5 nitrogen and oxygen atoms in total. The highest BCUT2D eigenvalue weighted by Crippen LogP contribution is 2.24. The maximum atomic E-state index is 12.8. The molecule has 1 N–H and O–H groups in total. The summed E-state index contributed by atoms with van der Waals surface area (Å²) >= 11 is 12.0. The molecule has 0 fully saturated rings. The minimum Gasteiger partial charge on any atom is -0.480 e. The molecule has 0 aliphatic carbocycles. The van der Waals surface area contributed by atoms with E-state index in [2.05, 4.69) is 0 Å². The van der Waals surface area contributed by atoms with Crippen molar-refractivity contribution in [3.63, 3.8) is 0 Å². The Bertz CT molecular complexity index is 991. The maximum absolute atomic E-state index is 12.8. The van der Waals surface area contributed by atoms with Crippen molar-refractivity contribution >= 4 is 40.2 Å². The first-order valence-corrected chi connectivity index (χ1v) is 8.02. The summed E-state index contributed by atoms with van der Waals surface area (Å²) in [4.78, 5) is 24.1. The fourth-order valence-corrected chi connectivity index (χ4v) is 3.01. The molecular weight excluding hydrogens is 351 g/mol. The summed E-state index contributed by atoms with van der Waals surface area (Å²) in [5.74, 6) is -1.06. The molecule has 0 amide bonds. The van der Waals surface area contributed by atoms with Crippen molar-refractivity contribution in [3.05, 3.63) is 68.6 Å². The first kappa shape index (κ1) is 16.6. The molecule has 1 aromatic heterocycles. The highest BCUT2D eigenvalue weighted by Gasteiger charge is 2.21. The second-order valence-electron chi connectivity index (χ2n) is 5.49. The van der Waals surface area contributed by atoms with Gasteiger partial charge in [-0.1, -0.05) is 41.4 Å². The summed E-state index contributed by atoms with van der Waals surface area (Å²) in [6, 6.07) is 11.3. The summed E-state index contributed by atoms with van der Waals surface area (Å²) in [6.45, 7) is 1.76. The zero-order valence-corrected chi connectivity index (χ0v) is 14.3. The van der Waals surface area contributed by atoms with Crippen molar-refractivity contribution < 1.29 is 9.90 Å². The Morgan fingerprint density at radius 1 is 1.12 bits per heavy atom. The lowest BCUT2D eigenvalue weighted by Gasteiger charge is -2.07. The average molecular weight is 365 g/mol. The van der Waals surface area contributed by atoms with Crippen LogP contribution in [0.5, 0.6) is 0 Å². The third kappa shape index (κ3) is 2.81. The molecule has 24 heavy (non-hydrogen) atoms. The molecular formula is C17H14Cl2N2O3. The van der Waals surface area contributed by atoms with Gasteiger partial charge in [0.25, 0.3) is 0 Å². The van der Waals surface area contributed by atoms with Crippen LogP contribution in [-0.2, 0) is 11.3 Å². The third-order valence-electron chi connectivity index (χ3n) is 3.94. The van der Waals surface area contributed by atoms with Crippen LogP contribution in [0.1, 0.15) is 18.5 Å². The number of aliphatic carboxylic acids is 1. The van der Waals surface area contributed by atoms with Crippen LogP contribution in [0.3, 0.4) is 0 Å². The van der Waals surface area contributed by atoms with Crippen LogP contribution in [0.15, 0.2) is 47.3 Å². The first-order valence-electron chi connectivity index (χ1n) is 7.26. The number of benzene rings is 2. The van der Waals surface area contributed by atoms with Crippen LogP contribution in [-0.4, -0.2) is 20.2 Å². The van der Waals surface area contributed by atoms with Gasteiger partial charge < -0.3 is 5.11 Å². The Labute approximate surface area is 147 Å². The zero-order valence-electron chi connectivity index (χ0n) is 12.7. The number of rotatable bonds is 4. The number of hydrogen-bond donors (Lipinski definition) is 1. The van der Waals surface area contributed by atoms with Gasteiger partial charge in [-0.2, -0.15) is 0 Å². The van der Waals surface area contributed by atoms with Gasteiger partial charge in [0.05, 0.1) is 27.6 Å². The molecule has 0 saturated heterocycles. The molecule has 0 saturated carbocycles. The normalized spacial score (nSPS) is 12.5. The van der Waals surface area contributed by atoms with E-state index in [1.54, 1.807) is 36.4 Å². The Kier molecular flexibility index (Phi) is 4.39. The average Bonchev–Trinajstić information content (AvgIpc) is 2.82. The molecule has 2 aromatic carbocycles. The molecule has 0 bridgehead atoms. The highest BCUT2D eigenvalue weighted by atomic mass is 35.5. The fourth-order valence-electron chi connectivity index (χ4n) is 2.69. The van der Waals surface area contributed by atoms with Crippen LogP contribution in [0.4, 0.5) is 0 Å². The number of carbonyl (C=O) groups is 1. The molecule has 7 heteroatoms. The lowest BCUT2D eigenvalue weighted by Crippen LogP contribution is -2.30. The van der Waals surface area contributed by atoms with Crippen molar-refractivity contribution in [2.24, 2.45) is 0 Å². The topological polar surface area (TPSA) is 64.2 Å². The first-order chi connectivity index (χ1) is 11.4. The monoisotopic (exact) mass is 364 g/mol. The van der Waals surface area contributed by atoms with Crippen LogP contribution in [0.25, 0.3) is 11.0 Å². The highest BCUT2D eigenvalue weighted by molar-refractivity contribution is 6.42. The van der Waals surface area contributed by atoms with Gasteiger partial charge in [-0.15, -0.1) is 0 Å². The van der Waals surface area contributed by atoms with Gasteiger partial charge in [0.2, 0.25) is 0 Å². The summed E-state index contributed by atoms with van der Waals surface area (Å²) in [6.07, 6.45) is 0. The van der Waals surface area contributed by atoms with Crippen molar-refractivity contribution in [3.8, 4) is 0 Å². The predicted octanol–water partition coefficient (Wildman–Crippen LogP) is 3.80. The van der Waals surface area contributed by atoms with Gasteiger partial charge in [-0.25, -0.2) is 9.59 Å². The SMILES string of the molecule is CC(C(=O)O)n1c(=O)n(Cc2ccc(Cl)c(Cl)c2)c2ccccc21. The number of carboxylic acids is 1. The molecule has 1 unspecified atom stereocenters. The smallest absolute Gasteiger partial charge is 0.330 e. The van der Waals surface area contributed by atoms with E-state index < -0.39 is 12.0 Å². The molecule has 0 aliphatic rings. The molecule has 124 valence electrons. The van der Waals surface area contributed by atoms with Crippen LogP contribution in [0.2, 0.25) is 10.0 Å². The number of carboxylic acid groups (broad SMARTS) is 1. The molecule has 0 radical (unpaired) electrons. The van der Waals surface area contributed by atoms with E-state index in [0.29, 0.717) is 21.1 Å². The van der Waals surface area contributed by atoms with E-state index in [4.69, 9.17) is 23.2 Å². The van der Waals surface area contributed by atoms with E-state index >= 15 is 0 Å². The number of halogens is 2. The number of hydrogen-bond acceptors (Lipinski definition) is 2. The minimum atomic E-state index is -1.06. The van der Waals surface area contributed by atoms with E-state index in [0.717, 1.165) is 5.56 Å². The maximum Gasteiger partial charge on any atom is 0.330 e. The standard InChI is InChI=1S/C17H14Cl2N2O3/c1-10(16(22)23)21-15-5-3-2-4-14(15)20(17(21)24)9-11-6-7-12(18)13(19)8-11/h2-8,10H,9H2,1H3,(H,22,23). The lowest BCUT2D eigenvalue weighted by atomic mass is 10.2. The molecule has 0 spiro atoms. The van der Waals surface area contributed by atoms with Crippen molar-refractivity contribution in [2.75, 3.05) is 0 Å². The number of nitrogens with zero attached hydrogens (tertiary/aromatic N) is 2. The summed E-state index contributed by atoms with van der Waals surface area (Å²) in [5, 5.41) is 10.1. The molecule has 0 aliphatic heterocycles. The van der Waals surface area contributed by atoms with E-state index in [-0.39, 0.29) is 12.2 Å². The Morgan fingerprint density at radius 3 is 2.42 bits per heavy atom. The second kappa shape index (κ2) is 6.34. The van der Waals surface area contributed by atoms with Gasteiger partial charge >= 0.3 is 11.7 Å². The predicted molar refractivity (Wildman–Crippen MR) is 94.1 cm³/mol. The molecule has 3 rings (SSSR count). The van der Waals surface area contributed by atoms with Gasteiger partial charge in [0, 0.05) is 0 Å². The van der Waals surface area contributed by atoms with Gasteiger partial charge in [0.15, 0.2) is 0 Å². The number of aromatic nitrogens is 2. The van der Waals surface area contributed by atoms with Gasteiger partial charge in [-0.05, 0) is 36.8 Å². The Balaban J connectivity index is 2.18. The Hall–Kier alpha value is -2.24. The third-order valence-corrected chi connectivity index (χ3v) is 4.68. The van der Waals surface area contributed by atoms with Crippen molar-refractivity contribution in [1.29, 1.82) is 0 Å². The molecule has 1 atom stereocenters. The summed E-state index contributed by atoms with van der Waals surface area (Å²) in [5.41, 5.74) is 1.67. The second-order valence-corrected chi connectivity index (χ2v) is 6.30. The van der Waals surface area contributed by atoms with E-state index in [1.165, 1.54) is 16.1 Å². The largest absolute Gasteiger partial charge is 0.480 e. The van der Waals surface area contributed by atoms with Crippen molar-refractivity contribution in [1.82, 2.24) is 9.13 Å². The van der Waals surface area contributed by atoms with Crippen LogP contribution in [0, 0.1) is 0 Å². The quantitative estimate of drug-likeness (QED) is 0.765. The summed E-state index contributed by atoms with van der Waals surface area (Å²) < 4.78 is 2.82. The van der Waals surface area contributed by atoms with Crippen LogP contribution >= 0.6 is 23.2 Å². The van der Waals surface area contributed by atoms with E-state index in [9.17, 15) is 14.7 Å². The Morgan fingerprint density at radius 2 is 1.79 bits per heavy atom. The molecule has 3 aromatic rings. The van der Waals surface area contributed by atoms with Gasteiger partial charge in [-0.3, -0.25) is 9.13 Å². The molecule has 1 heterocycles. The summed E-state index contributed by atoms with van der Waals surface area (Å²) in [7, 11) is 0. The number of fused-ring (bicyclic) bond motifs is 1. The van der Waals surface area contributed by atoms with E-state index in [1.807, 2.05) is 6.07 Å². The van der Waals surface area contributed by atoms with Gasteiger partial charge in [0.1, 0.15) is 6.04 Å². The van der Waals surface area contributed by atoms with Crippen LogP contribution < -0.4 is 5.69 Å². The fraction of sp³-hybridized carbons (Fsp3) is 0.176.